The summed E-state index contributed by atoms with van der Waals surface area (Å²) < 4.78 is 1.96. The van der Waals surface area contributed by atoms with Gasteiger partial charge in [0.15, 0.2) is 5.65 Å². The number of rotatable bonds is 4. The average Bonchev–Trinajstić information content (AvgIpc) is 3.37. The SMILES string of the molecule is Cc1cc(N2CCC(C(=O)N3CCN(c4ccccc4)CC3)CC2)n2nc(-c3ccccc3)cc2n1. The van der Waals surface area contributed by atoms with Gasteiger partial charge in [-0.25, -0.2) is 4.98 Å². The van der Waals surface area contributed by atoms with Crippen molar-refractivity contribution in [2.24, 2.45) is 5.92 Å². The molecule has 2 aromatic carbocycles. The molecule has 0 atom stereocenters. The van der Waals surface area contributed by atoms with E-state index in [2.05, 4.69) is 63.2 Å². The molecule has 1 amide bonds. The molecule has 4 heterocycles. The lowest BCUT2D eigenvalue weighted by Gasteiger charge is -2.39. The van der Waals surface area contributed by atoms with Crippen molar-refractivity contribution in [3.05, 3.63) is 78.5 Å². The predicted molar refractivity (Wildman–Crippen MR) is 143 cm³/mol. The summed E-state index contributed by atoms with van der Waals surface area (Å²) in [6.07, 6.45) is 1.74. The maximum atomic E-state index is 13.3. The summed E-state index contributed by atoms with van der Waals surface area (Å²) in [6.45, 7) is 7.11. The van der Waals surface area contributed by atoms with E-state index in [-0.39, 0.29) is 5.92 Å². The van der Waals surface area contributed by atoms with Crippen LogP contribution in [0.15, 0.2) is 72.8 Å². The number of aryl methyl sites for hydroxylation is 1. The molecule has 36 heavy (non-hydrogen) atoms. The number of benzene rings is 2. The first-order chi connectivity index (χ1) is 17.7. The highest BCUT2D eigenvalue weighted by atomic mass is 16.2. The summed E-state index contributed by atoms with van der Waals surface area (Å²) >= 11 is 0. The third kappa shape index (κ3) is 4.41. The molecule has 0 N–H and O–H groups in total. The first-order valence-electron chi connectivity index (χ1n) is 12.9. The molecule has 0 aliphatic carbocycles. The zero-order chi connectivity index (χ0) is 24.5. The largest absolute Gasteiger partial charge is 0.368 e. The number of carbonyl (C=O) groups is 1. The number of anilines is 2. The van der Waals surface area contributed by atoms with Crippen LogP contribution >= 0.6 is 0 Å². The number of para-hydroxylation sites is 1. The Hall–Kier alpha value is -3.87. The summed E-state index contributed by atoms with van der Waals surface area (Å²) in [4.78, 5) is 24.9. The van der Waals surface area contributed by atoms with Crippen LogP contribution in [0, 0.1) is 12.8 Å². The van der Waals surface area contributed by atoms with Gasteiger partial charge in [0, 0.05) is 74.3 Å². The number of amides is 1. The number of fused-ring (bicyclic) bond motifs is 1. The number of nitrogens with zero attached hydrogens (tertiary/aromatic N) is 6. The monoisotopic (exact) mass is 480 g/mol. The molecule has 2 aliphatic rings. The number of piperidine rings is 1. The van der Waals surface area contributed by atoms with Gasteiger partial charge in [0.25, 0.3) is 0 Å². The van der Waals surface area contributed by atoms with Crippen molar-refractivity contribution in [3.8, 4) is 11.3 Å². The summed E-state index contributed by atoms with van der Waals surface area (Å²) in [5.41, 5.74) is 5.09. The Morgan fingerprint density at radius 1 is 0.806 bits per heavy atom. The maximum absolute atomic E-state index is 13.3. The first kappa shape index (κ1) is 22.6. The topological polar surface area (TPSA) is 57.0 Å². The smallest absolute Gasteiger partial charge is 0.225 e. The fourth-order valence-corrected chi connectivity index (χ4v) is 5.49. The van der Waals surface area contributed by atoms with Gasteiger partial charge in [0.1, 0.15) is 5.82 Å². The van der Waals surface area contributed by atoms with Crippen molar-refractivity contribution >= 4 is 23.1 Å². The van der Waals surface area contributed by atoms with E-state index in [1.807, 2.05) is 35.7 Å². The van der Waals surface area contributed by atoms with Crippen LogP contribution in [0.5, 0.6) is 0 Å². The summed E-state index contributed by atoms with van der Waals surface area (Å²) in [5, 5.41) is 4.89. The standard InChI is InChI=1S/C29H32N6O/c1-22-20-28(35-27(30-22)21-26(31-35)23-8-4-2-5-9-23)33-14-12-24(13-15-33)29(36)34-18-16-32(17-19-34)25-10-6-3-7-11-25/h2-11,20-21,24H,12-19H2,1H3. The number of carbonyl (C=O) groups excluding carboxylic acids is 1. The zero-order valence-electron chi connectivity index (χ0n) is 20.8. The van der Waals surface area contributed by atoms with E-state index in [0.29, 0.717) is 5.91 Å². The van der Waals surface area contributed by atoms with Crippen molar-refractivity contribution in [3.63, 3.8) is 0 Å². The number of hydrogen-bond acceptors (Lipinski definition) is 5. The van der Waals surface area contributed by atoms with Crippen LogP contribution in [-0.2, 0) is 4.79 Å². The van der Waals surface area contributed by atoms with Crippen LogP contribution in [0.3, 0.4) is 0 Å². The van der Waals surface area contributed by atoms with E-state index in [4.69, 9.17) is 10.1 Å². The van der Waals surface area contributed by atoms with Crippen LogP contribution in [-0.4, -0.2) is 64.7 Å². The van der Waals surface area contributed by atoms with Gasteiger partial charge < -0.3 is 14.7 Å². The molecule has 2 fully saturated rings. The molecule has 2 saturated heterocycles. The predicted octanol–water partition coefficient (Wildman–Crippen LogP) is 4.27. The lowest BCUT2D eigenvalue weighted by atomic mass is 9.95. The Labute approximate surface area is 212 Å². The minimum Gasteiger partial charge on any atom is -0.368 e. The lowest BCUT2D eigenvalue weighted by molar-refractivity contribution is -0.136. The normalized spacial score (nSPS) is 17.1. The van der Waals surface area contributed by atoms with Gasteiger partial charge in [0.05, 0.1) is 5.69 Å². The van der Waals surface area contributed by atoms with Crippen molar-refractivity contribution in [2.75, 3.05) is 49.1 Å². The van der Waals surface area contributed by atoms with Gasteiger partial charge in [-0.3, -0.25) is 4.79 Å². The molecular formula is C29H32N6O. The Bertz CT molecular complexity index is 1340. The summed E-state index contributed by atoms with van der Waals surface area (Å²) in [6, 6.07) is 24.9. The van der Waals surface area contributed by atoms with E-state index < -0.39 is 0 Å². The van der Waals surface area contributed by atoms with Crippen molar-refractivity contribution < 1.29 is 4.79 Å². The first-order valence-corrected chi connectivity index (χ1v) is 12.9. The average molecular weight is 481 g/mol. The minimum atomic E-state index is 0.0976. The Balaban J connectivity index is 1.12. The zero-order valence-corrected chi connectivity index (χ0v) is 20.8. The molecule has 184 valence electrons. The summed E-state index contributed by atoms with van der Waals surface area (Å²) in [7, 11) is 0. The minimum absolute atomic E-state index is 0.0976. The molecule has 0 unspecified atom stereocenters. The lowest BCUT2D eigenvalue weighted by Crippen LogP contribution is -2.51. The Morgan fingerprint density at radius 2 is 1.47 bits per heavy atom. The molecule has 4 aromatic rings. The van der Waals surface area contributed by atoms with Gasteiger partial charge in [-0.1, -0.05) is 48.5 Å². The van der Waals surface area contributed by atoms with Crippen LogP contribution in [0.1, 0.15) is 18.5 Å². The third-order valence-corrected chi connectivity index (χ3v) is 7.49. The molecule has 2 aliphatic heterocycles. The van der Waals surface area contributed by atoms with Crippen molar-refractivity contribution in [1.82, 2.24) is 19.5 Å². The van der Waals surface area contributed by atoms with E-state index in [9.17, 15) is 4.79 Å². The second-order valence-electron chi connectivity index (χ2n) is 9.83. The fraction of sp³-hybridized carbons (Fsp3) is 0.345. The second-order valence-corrected chi connectivity index (χ2v) is 9.83. The van der Waals surface area contributed by atoms with Crippen LogP contribution in [0.25, 0.3) is 16.9 Å². The van der Waals surface area contributed by atoms with Gasteiger partial charge in [0.2, 0.25) is 5.91 Å². The molecule has 2 aromatic heterocycles. The molecule has 0 bridgehead atoms. The third-order valence-electron chi connectivity index (χ3n) is 7.49. The van der Waals surface area contributed by atoms with Crippen LogP contribution in [0.2, 0.25) is 0 Å². The van der Waals surface area contributed by atoms with Crippen LogP contribution < -0.4 is 9.80 Å². The highest BCUT2D eigenvalue weighted by Gasteiger charge is 2.31. The van der Waals surface area contributed by atoms with Crippen LogP contribution in [0.4, 0.5) is 11.5 Å². The van der Waals surface area contributed by atoms with E-state index in [1.54, 1.807) is 0 Å². The number of aromatic nitrogens is 3. The van der Waals surface area contributed by atoms with Gasteiger partial charge in [-0.2, -0.15) is 9.61 Å². The maximum Gasteiger partial charge on any atom is 0.225 e. The number of piperazine rings is 1. The molecule has 0 saturated carbocycles. The van der Waals surface area contributed by atoms with Gasteiger partial charge in [-0.15, -0.1) is 0 Å². The Morgan fingerprint density at radius 3 is 2.17 bits per heavy atom. The molecule has 0 spiro atoms. The quantitative estimate of drug-likeness (QED) is 0.437. The highest BCUT2D eigenvalue weighted by molar-refractivity contribution is 5.79. The van der Waals surface area contributed by atoms with Gasteiger partial charge in [-0.05, 0) is 31.9 Å². The highest BCUT2D eigenvalue weighted by Crippen LogP contribution is 2.28. The van der Waals surface area contributed by atoms with E-state index in [1.165, 1.54) is 5.69 Å². The molecule has 7 nitrogen and oxygen atoms in total. The second kappa shape index (κ2) is 9.64. The molecular weight excluding hydrogens is 448 g/mol. The molecule has 7 heteroatoms. The summed E-state index contributed by atoms with van der Waals surface area (Å²) in [5.74, 6) is 1.48. The van der Waals surface area contributed by atoms with Gasteiger partial charge >= 0.3 is 0 Å². The number of hydrogen-bond donors (Lipinski definition) is 0. The molecule has 6 rings (SSSR count). The van der Waals surface area contributed by atoms with E-state index >= 15 is 0 Å². The fourth-order valence-electron chi connectivity index (χ4n) is 5.49. The van der Waals surface area contributed by atoms with Crippen molar-refractivity contribution in [1.29, 1.82) is 0 Å². The molecule has 0 radical (unpaired) electrons. The Kier molecular flexibility index (Phi) is 6.05. The van der Waals surface area contributed by atoms with Crippen molar-refractivity contribution in [2.45, 2.75) is 19.8 Å². The van der Waals surface area contributed by atoms with E-state index in [0.717, 1.165) is 80.5 Å².